The molecule has 0 atom stereocenters. The summed E-state index contributed by atoms with van der Waals surface area (Å²) >= 11 is 4.95. The van der Waals surface area contributed by atoms with Gasteiger partial charge in [0.2, 0.25) is 5.88 Å². The standard InChI is InChI=1S/C10H7BrN2OS/c1-2-3-6-9(13-14-10(6)12)7-4-5-8(11)15-7/h1,4-5H,3,12H2. The molecule has 0 aliphatic heterocycles. The maximum atomic E-state index is 5.64. The Balaban J connectivity index is 2.49. The van der Waals surface area contributed by atoms with E-state index in [1.807, 2.05) is 12.1 Å². The molecule has 0 amide bonds. The van der Waals surface area contributed by atoms with Gasteiger partial charge in [0.15, 0.2) is 0 Å². The minimum absolute atomic E-state index is 0.299. The monoisotopic (exact) mass is 282 g/mol. The molecule has 0 aliphatic rings. The molecule has 2 rings (SSSR count). The van der Waals surface area contributed by atoms with Gasteiger partial charge in [-0.05, 0) is 28.1 Å². The predicted molar refractivity (Wildman–Crippen MR) is 64.5 cm³/mol. The van der Waals surface area contributed by atoms with Crippen LogP contribution in [0.5, 0.6) is 0 Å². The van der Waals surface area contributed by atoms with Gasteiger partial charge in [0.05, 0.1) is 14.2 Å². The van der Waals surface area contributed by atoms with Crippen LogP contribution in [0, 0.1) is 12.3 Å². The summed E-state index contributed by atoms with van der Waals surface area (Å²) in [5.41, 5.74) is 7.16. The summed E-state index contributed by atoms with van der Waals surface area (Å²) in [6, 6.07) is 3.90. The van der Waals surface area contributed by atoms with Crippen molar-refractivity contribution < 1.29 is 4.52 Å². The van der Waals surface area contributed by atoms with Crippen molar-refractivity contribution in [3.63, 3.8) is 0 Å². The molecule has 0 saturated carbocycles. The minimum atomic E-state index is 0.299. The molecule has 0 saturated heterocycles. The summed E-state index contributed by atoms with van der Waals surface area (Å²) in [6.45, 7) is 0. The van der Waals surface area contributed by atoms with Crippen molar-refractivity contribution in [3.05, 3.63) is 21.5 Å². The van der Waals surface area contributed by atoms with Crippen LogP contribution in [0.4, 0.5) is 5.88 Å². The van der Waals surface area contributed by atoms with E-state index < -0.39 is 0 Å². The van der Waals surface area contributed by atoms with Crippen molar-refractivity contribution >= 4 is 33.2 Å². The number of terminal acetylenes is 1. The predicted octanol–water partition coefficient (Wildman–Crippen LogP) is 2.92. The molecular weight excluding hydrogens is 276 g/mol. The maximum Gasteiger partial charge on any atom is 0.226 e. The Morgan fingerprint density at radius 1 is 1.60 bits per heavy atom. The summed E-state index contributed by atoms with van der Waals surface area (Å²) in [6.07, 6.45) is 5.69. The van der Waals surface area contributed by atoms with Crippen molar-refractivity contribution in [2.45, 2.75) is 6.42 Å². The molecule has 2 aromatic heterocycles. The van der Waals surface area contributed by atoms with Gasteiger partial charge in [-0.2, -0.15) is 0 Å². The van der Waals surface area contributed by atoms with Gasteiger partial charge in [0.1, 0.15) is 5.69 Å². The summed E-state index contributed by atoms with van der Waals surface area (Å²) in [5.74, 6) is 2.84. The van der Waals surface area contributed by atoms with E-state index in [1.54, 1.807) is 11.3 Å². The molecule has 2 heterocycles. The van der Waals surface area contributed by atoms with Crippen LogP contribution in [-0.2, 0) is 6.42 Å². The van der Waals surface area contributed by atoms with Gasteiger partial charge in [-0.25, -0.2) is 0 Å². The molecular formula is C10H7BrN2OS. The minimum Gasteiger partial charge on any atom is -0.367 e. The molecule has 0 aliphatic carbocycles. The summed E-state index contributed by atoms with van der Waals surface area (Å²) in [5, 5.41) is 3.91. The average molecular weight is 283 g/mol. The Labute approximate surface area is 99.4 Å². The van der Waals surface area contributed by atoms with Crippen LogP contribution in [0.2, 0.25) is 0 Å². The zero-order chi connectivity index (χ0) is 10.8. The van der Waals surface area contributed by atoms with Crippen molar-refractivity contribution in [1.29, 1.82) is 0 Å². The second-order valence-electron chi connectivity index (χ2n) is 2.86. The zero-order valence-corrected chi connectivity index (χ0v) is 10.1. The van der Waals surface area contributed by atoms with Gasteiger partial charge >= 0.3 is 0 Å². The SMILES string of the molecule is C#CCc1c(-c2ccc(Br)s2)noc1N. The number of hydrogen-bond acceptors (Lipinski definition) is 4. The lowest BCUT2D eigenvalue weighted by Gasteiger charge is -1.93. The molecule has 2 aromatic rings. The molecule has 0 unspecified atom stereocenters. The summed E-state index contributed by atoms with van der Waals surface area (Å²) in [4.78, 5) is 0.993. The Kier molecular flexibility index (Phi) is 2.80. The van der Waals surface area contributed by atoms with Crippen LogP contribution in [0.3, 0.4) is 0 Å². The molecule has 5 heteroatoms. The number of thiophene rings is 1. The fourth-order valence-electron chi connectivity index (χ4n) is 1.23. The van der Waals surface area contributed by atoms with E-state index in [4.69, 9.17) is 16.7 Å². The summed E-state index contributed by atoms with van der Waals surface area (Å²) < 4.78 is 5.97. The Morgan fingerprint density at radius 2 is 2.40 bits per heavy atom. The third-order valence-corrected chi connectivity index (χ3v) is 3.53. The van der Waals surface area contributed by atoms with Gasteiger partial charge in [0, 0.05) is 6.42 Å². The molecule has 2 N–H and O–H groups in total. The Morgan fingerprint density at radius 3 is 3.00 bits per heavy atom. The first-order chi connectivity index (χ1) is 7.22. The highest BCUT2D eigenvalue weighted by atomic mass is 79.9. The van der Waals surface area contributed by atoms with Crippen LogP contribution < -0.4 is 5.73 Å². The van der Waals surface area contributed by atoms with E-state index in [-0.39, 0.29) is 0 Å². The quantitative estimate of drug-likeness (QED) is 0.862. The summed E-state index contributed by atoms with van der Waals surface area (Å²) in [7, 11) is 0. The van der Waals surface area contributed by atoms with Crippen molar-refractivity contribution in [2.75, 3.05) is 5.73 Å². The molecule has 0 radical (unpaired) electrons. The highest BCUT2D eigenvalue weighted by Gasteiger charge is 2.15. The van der Waals surface area contributed by atoms with E-state index in [0.29, 0.717) is 12.3 Å². The van der Waals surface area contributed by atoms with Crippen molar-refractivity contribution in [1.82, 2.24) is 5.16 Å². The molecule has 3 nitrogen and oxygen atoms in total. The van der Waals surface area contributed by atoms with Crippen LogP contribution in [0.1, 0.15) is 5.56 Å². The third-order valence-electron chi connectivity index (χ3n) is 1.90. The third kappa shape index (κ3) is 1.91. The van der Waals surface area contributed by atoms with Gasteiger partial charge in [-0.15, -0.1) is 23.7 Å². The number of aromatic nitrogens is 1. The number of nitrogen functional groups attached to an aromatic ring is 1. The van der Waals surface area contributed by atoms with E-state index >= 15 is 0 Å². The van der Waals surface area contributed by atoms with Crippen LogP contribution in [0.25, 0.3) is 10.6 Å². The molecule has 15 heavy (non-hydrogen) atoms. The van der Waals surface area contributed by atoms with Crippen molar-refractivity contribution in [3.8, 4) is 22.9 Å². The first-order valence-corrected chi connectivity index (χ1v) is 5.76. The van der Waals surface area contributed by atoms with Gasteiger partial charge < -0.3 is 10.3 Å². The van der Waals surface area contributed by atoms with Crippen LogP contribution in [-0.4, -0.2) is 5.16 Å². The lowest BCUT2D eigenvalue weighted by atomic mass is 10.1. The lowest BCUT2D eigenvalue weighted by molar-refractivity contribution is 0.439. The molecule has 76 valence electrons. The lowest BCUT2D eigenvalue weighted by Crippen LogP contribution is -1.89. The Hall–Kier alpha value is -1.25. The van der Waals surface area contributed by atoms with Crippen LogP contribution in [0.15, 0.2) is 20.4 Å². The number of nitrogens with two attached hydrogens (primary N) is 1. The highest BCUT2D eigenvalue weighted by molar-refractivity contribution is 9.11. The van der Waals surface area contributed by atoms with E-state index in [0.717, 1.165) is 19.9 Å². The van der Waals surface area contributed by atoms with E-state index in [1.165, 1.54) is 0 Å². The van der Waals surface area contributed by atoms with Crippen LogP contribution >= 0.6 is 27.3 Å². The molecule has 0 spiro atoms. The molecule has 0 fully saturated rings. The number of nitrogens with zero attached hydrogens (tertiary/aromatic N) is 1. The normalized spacial score (nSPS) is 10.1. The molecule has 0 bridgehead atoms. The number of hydrogen-bond donors (Lipinski definition) is 1. The van der Waals surface area contributed by atoms with E-state index in [9.17, 15) is 0 Å². The highest BCUT2D eigenvalue weighted by Crippen LogP contribution is 2.34. The largest absolute Gasteiger partial charge is 0.367 e. The maximum absolute atomic E-state index is 5.64. The Bertz CT molecular complexity index is 524. The number of halogens is 1. The number of anilines is 1. The number of rotatable bonds is 2. The first kappa shape index (κ1) is 10.3. The zero-order valence-electron chi connectivity index (χ0n) is 7.66. The topological polar surface area (TPSA) is 52.0 Å². The second kappa shape index (κ2) is 4.09. The van der Waals surface area contributed by atoms with Gasteiger partial charge in [-0.1, -0.05) is 5.16 Å². The van der Waals surface area contributed by atoms with Gasteiger partial charge in [-0.3, -0.25) is 0 Å². The second-order valence-corrected chi connectivity index (χ2v) is 5.32. The van der Waals surface area contributed by atoms with E-state index in [2.05, 4.69) is 27.0 Å². The fraction of sp³-hybridized carbons (Fsp3) is 0.100. The van der Waals surface area contributed by atoms with Gasteiger partial charge in [0.25, 0.3) is 0 Å². The first-order valence-electron chi connectivity index (χ1n) is 4.15. The smallest absolute Gasteiger partial charge is 0.226 e. The van der Waals surface area contributed by atoms with Crippen molar-refractivity contribution in [2.24, 2.45) is 0 Å². The fourth-order valence-corrected chi connectivity index (χ4v) is 2.62. The molecule has 0 aromatic carbocycles. The average Bonchev–Trinajstić information content (AvgIpc) is 2.76.